The van der Waals surface area contributed by atoms with Gasteiger partial charge in [-0.15, -0.1) is 0 Å². The van der Waals surface area contributed by atoms with Crippen LogP contribution in [0, 0.1) is 11.3 Å². The van der Waals surface area contributed by atoms with Crippen molar-refractivity contribution in [2.75, 3.05) is 36.4 Å². The number of aromatic nitrogens is 2. The standard InChI is InChI=1S/C22H22N6OS/c23-16-18-8-4-9-19(14-18)24-21(29)27-10-5-11-28(13-12-27)22-25-20(26-30-22)15-17-6-2-1-3-7-17/h1-4,6-9,14H,5,10-13,15H2,(H,24,29). The first kappa shape index (κ1) is 19.9. The molecule has 0 aliphatic carbocycles. The van der Waals surface area contributed by atoms with Crippen LogP contribution in [0.1, 0.15) is 23.4 Å². The molecule has 1 aromatic heterocycles. The van der Waals surface area contributed by atoms with Gasteiger partial charge >= 0.3 is 6.03 Å². The normalized spacial score (nSPS) is 14.1. The van der Waals surface area contributed by atoms with E-state index in [1.54, 1.807) is 24.3 Å². The Hall–Kier alpha value is -3.44. The zero-order valence-corrected chi connectivity index (χ0v) is 17.3. The number of nitriles is 1. The molecule has 152 valence electrons. The van der Waals surface area contributed by atoms with Crippen molar-refractivity contribution in [1.29, 1.82) is 5.26 Å². The first-order valence-corrected chi connectivity index (χ1v) is 10.7. The van der Waals surface area contributed by atoms with Gasteiger partial charge in [-0.2, -0.15) is 9.64 Å². The molecule has 0 saturated carbocycles. The van der Waals surface area contributed by atoms with E-state index in [9.17, 15) is 4.79 Å². The lowest BCUT2D eigenvalue weighted by Crippen LogP contribution is -2.38. The zero-order valence-electron chi connectivity index (χ0n) is 16.5. The van der Waals surface area contributed by atoms with Crippen LogP contribution in [-0.2, 0) is 6.42 Å². The van der Waals surface area contributed by atoms with E-state index in [0.29, 0.717) is 30.9 Å². The monoisotopic (exact) mass is 418 g/mol. The second-order valence-electron chi connectivity index (χ2n) is 7.11. The van der Waals surface area contributed by atoms with Crippen molar-refractivity contribution >= 4 is 28.4 Å². The molecule has 30 heavy (non-hydrogen) atoms. The average molecular weight is 419 g/mol. The highest BCUT2D eigenvalue weighted by molar-refractivity contribution is 7.09. The van der Waals surface area contributed by atoms with Gasteiger partial charge in [-0.05, 0) is 30.2 Å². The Labute approximate surface area is 179 Å². The second kappa shape index (κ2) is 9.37. The maximum Gasteiger partial charge on any atom is 0.321 e. The molecule has 3 aromatic rings. The van der Waals surface area contributed by atoms with Crippen LogP contribution in [0.5, 0.6) is 0 Å². The topological polar surface area (TPSA) is 85.2 Å². The van der Waals surface area contributed by atoms with Gasteiger partial charge in [0.15, 0.2) is 0 Å². The minimum absolute atomic E-state index is 0.144. The van der Waals surface area contributed by atoms with Gasteiger partial charge in [0.05, 0.1) is 11.6 Å². The molecule has 0 spiro atoms. The predicted molar refractivity (Wildman–Crippen MR) is 118 cm³/mol. The molecule has 0 atom stereocenters. The number of carbonyl (C=O) groups excluding carboxylic acids is 1. The summed E-state index contributed by atoms with van der Waals surface area (Å²) in [6.07, 6.45) is 1.58. The Morgan fingerprint density at radius 2 is 1.97 bits per heavy atom. The van der Waals surface area contributed by atoms with Crippen molar-refractivity contribution in [2.45, 2.75) is 12.8 Å². The molecule has 0 bridgehead atoms. The Morgan fingerprint density at radius 1 is 1.10 bits per heavy atom. The van der Waals surface area contributed by atoms with Gasteiger partial charge in [-0.25, -0.2) is 9.78 Å². The summed E-state index contributed by atoms with van der Waals surface area (Å²) < 4.78 is 4.51. The molecule has 2 heterocycles. The van der Waals surface area contributed by atoms with E-state index in [1.165, 1.54) is 17.1 Å². The van der Waals surface area contributed by atoms with Crippen molar-refractivity contribution in [1.82, 2.24) is 14.3 Å². The molecular weight excluding hydrogens is 396 g/mol. The summed E-state index contributed by atoms with van der Waals surface area (Å²) in [6, 6.07) is 19.1. The molecule has 0 unspecified atom stereocenters. The number of benzene rings is 2. The number of urea groups is 1. The van der Waals surface area contributed by atoms with E-state index in [2.05, 4.69) is 32.8 Å². The van der Waals surface area contributed by atoms with Gasteiger partial charge in [0, 0.05) is 49.8 Å². The SMILES string of the molecule is N#Cc1cccc(NC(=O)N2CCCN(c3nc(Cc4ccccc4)ns3)CC2)c1. The van der Waals surface area contributed by atoms with E-state index >= 15 is 0 Å². The third kappa shape index (κ3) is 4.93. The summed E-state index contributed by atoms with van der Waals surface area (Å²) in [4.78, 5) is 21.4. The maximum absolute atomic E-state index is 12.7. The largest absolute Gasteiger partial charge is 0.345 e. The van der Waals surface area contributed by atoms with Crippen molar-refractivity contribution in [2.24, 2.45) is 0 Å². The van der Waals surface area contributed by atoms with E-state index in [4.69, 9.17) is 10.2 Å². The lowest BCUT2D eigenvalue weighted by molar-refractivity contribution is 0.215. The fourth-order valence-corrected chi connectivity index (χ4v) is 4.14. The second-order valence-corrected chi connectivity index (χ2v) is 7.84. The van der Waals surface area contributed by atoms with Gasteiger partial charge < -0.3 is 15.1 Å². The molecule has 1 fully saturated rings. The molecule has 7 nitrogen and oxygen atoms in total. The summed E-state index contributed by atoms with van der Waals surface area (Å²) in [7, 11) is 0. The fraction of sp³-hybridized carbons (Fsp3) is 0.273. The Kier molecular flexibility index (Phi) is 6.20. The lowest BCUT2D eigenvalue weighted by atomic mass is 10.1. The van der Waals surface area contributed by atoms with Crippen LogP contribution in [-0.4, -0.2) is 46.5 Å². The summed E-state index contributed by atoms with van der Waals surface area (Å²) in [5, 5.41) is 12.8. The smallest absolute Gasteiger partial charge is 0.321 e. The van der Waals surface area contributed by atoms with E-state index in [-0.39, 0.29) is 6.03 Å². The molecule has 1 N–H and O–H groups in total. The molecule has 0 radical (unpaired) electrons. The Morgan fingerprint density at radius 3 is 2.80 bits per heavy atom. The number of carbonyl (C=O) groups is 1. The van der Waals surface area contributed by atoms with Gasteiger partial charge in [-0.1, -0.05) is 36.4 Å². The molecule has 1 aliphatic heterocycles. The van der Waals surface area contributed by atoms with Crippen molar-refractivity contribution in [3.63, 3.8) is 0 Å². The zero-order chi connectivity index (χ0) is 20.8. The first-order valence-electron chi connectivity index (χ1n) is 9.89. The third-order valence-corrected chi connectivity index (χ3v) is 5.77. The highest BCUT2D eigenvalue weighted by atomic mass is 32.1. The number of nitrogens with one attached hydrogen (secondary N) is 1. The van der Waals surface area contributed by atoms with Crippen LogP contribution in [0.3, 0.4) is 0 Å². The predicted octanol–water partition coefficient (Wildman–Crippen LogP) is 3.74. The van der Waals surface area contributed by atoms with E-state index in [1.807, 2.05) is 23.1 Å². The number of hydrogen-bond donors (Lipinski definition) is 1. The Balaban J connectivity index is 1.35. The molecular formula is C22H22N6OS. The summed E-state index contributed by atoms with van der Waals surface area (Å²) in [6.45, 7) is 2.84. The van der Waals surface area contributed by atoms with E-state index < -0.39 is 0 Å². The molecule has 1 saturated heterocycles. The minimum atomic E-state index is -0.144. The number of rotatable bonds is 4. The summed E-state index contributed by atoms with van der Waals surface area (Å²) in [5.74, 6) is 0.831. The molecule has 1 aliphatic rings. The van der Waals surface area contributed by atoms with Crippen LogP contribution in [0.4, 0.5) is 15.6 Å². The van der Waals surface area contributed by atoms with Crippen molar-refractivity contribution < 1.29 is 4.79 Å². The van der Waals surface area contributed by atoms with Gasteiger partial charge in [-0.3, -0.25) is 0 Å². The van der Waals surface area contributed by atoms with Gasteiger partial charge in [0.1, 0.15) is 5.82 Å². The van der Waals surface area contributed by atoms with Crippen molar-refractivity contribution in [3.05, 3.63) is 71.5 Å². The van der Waals surface area contributed by atoms with Crippen LogP contribution < -0.4 is 10.2 Å². The van der Waals surface area contributed by atoms with Crippen LogP contribution in [0.2, 0.25) is 0 Å². The number of hydrogen-bond acceptors (Lipinski definition) is 6. The molecule has 2 aromatic carbocycles. The fourth-order valence-electron chi connectivity index (χ4n) is 3.40. The van der Waals surface area contributed by atoms with Crippen LogP contribution in [0.25, 0.3) is 0 Å². The van der Waals surface area contributed by atoms with E-state index in [0.717, 1.165) is 30.3 Å². The quantitative estimate of drug-likeness (QED) is 0.698. The molecule has 4 rings (SSSR count). The molecule has 8 heteroatoms. The Bertz CT molecular complexity index is 1050. The summed E-state index contributed by atoms with van der Waals surface area (Å²) in [5.41, 5.74) is 2.35. The highest BCUT2D eigenvalue weighted by Gasteiger charge is 2.21. The molecule has 2 amide bonds. The lowest BCUT2D eigenvalue weighted by Gasteiger charge is -2.22. The van der Waals surface area contributed by atoms with Gasteiger partial charge in [0.2, 0.25) is 5.13 Å². The van der Waals surface area contributed by atoms with Crippen molar-refractivity contribution in [3.8, 4) is 6.07 Å². The third-order valence-electron chi connectivity index (χ3n) is 4.96. The number of nitrogens with zero attached hydrogens (tertiary/aromatic N) is 5. The van der Waals surface area contributed by atoms with Crippen LogP contribution in [0.15, 0.2) is 54.6 Å². The van der Waals surface area contributed by atoms with Gasteiger partial charge in [0.25, 0.3) is 0 Å². The van der Waals surface area contributed by atoms with Crippen LogP contribution >= 0.6 is 11.5 Å². The summed E-state index contributed by atoms with van der Waals surface area (Å²) >= 11 is 1.42. The highest BCUT2D eigenvalue weighted by Crippen LogP contribution is 2.21. The number of amides is 2. The minimum Gasteiger partial charge on any atom is -0.345 e. The average Bonchev–Trinajstić information content (AvgIpc) is 3.09. The first-order chi connectivity index (χ1) is 14.7. The number of anilines is 2. The maximum atomic E-state index is 12.7.